The van der Waals surface area contributed by atoms with Crippen LogP contribution in [0, 0.1) is 13.8 Å². The molecule has 0 aliphatic heterocycles. The number of alkyl carbamates (subject to hydrolysis) is 1. The van der Waals surface area contributed by atoms with Gasteiger partial charge in [-0.2, -0.15) is 0 Å². The number of amides is 1. The summed E-state index contributed by atoms with van der Waals surface area (Å²) in [5, 5.41) is 2.82. The second kappa shape index (κ2) is 7.77. The van der Waals surface area contributed by atoms with Crippen LogP contribution in [0.25, 0.3) is 11.1 Å². The summed E-state index contributed by atoms with van der Waals surface area (Å²) in [6, 6.07) is 10.3. The fraction of sp³-hybridized carbons (Fsp3) is 0.429. The third-order valence-electron chi connectivity index (χ3n) is 4.19. The lowest BCUT2D eigenvalue weighted by atomic mass is 9.96. The Balaban J connectivity index is 2.05. The highest BCUT2D eigenvalue weighted by molar-refractivity contribution is 5.70. The number of carbonyl (C=O) groups is 1. The first-order valence-electron chi connectivity index (χ1n) is 8.87. The molecule has 1 aromatic heterocycles. The Morgan fingerprint density at radius 1 is 1.19 bits per heavy atom. The zero-order chi connectivity index (χ0) is 19.5. The lowest BCUT2D eigenvalue weighted by Gasteiger charge is -2.21. The number of aromatic nitrogens is 1. The Morgan fingerprint density at radius 2 is 1.81 bits per heavy atom. The molecule has 0 fully saturated rings. The van der Waals surface area contributed by atoms with Crippen LogP contribution in [0.3, 0.4) is 0 Å². The number of rotatable bonds is 4. The summed E-state index contributed by atoms with van der Waals surface area (Å²) in [7, 11) is 0. The van der Waals surface area contributed by atoms with Crippen molar-refractivity contribution >= 4 is 11.8 Å². The van der Waals surface area contributed by atoms with Gasteiger partial charge in [-0.3, -0.25) is 4.98 Å². The number of pyridine rings is 1. The highest BCUT2D eigenvalue weighted by Gasteiger charge is 2.17. The van der Waals surface area contributed by atoms with Gasteiger partial charge in [0.05, 0.1) is 11.4 Å². The normalized spacial score (nSPS) is 12.5. The van der Waals surface area contributed by atoms with Gasteiger partial charge < -0.3 is 15.8 Å². The summed E-state index contributed by atoms with van der Waals surface area (Å²) < 4.78 is 5.27. The maximum Gasteiger partial charge on any atom is 0.407 e. The Labute approximate surface area is 156 Å². The summed E-state index contributed by atoms with van der Waals surface area (Å²) in [6.07, 6.45) is -0.391. The van der Waals surface area contributed by atoms with Crippen LogP contribution in [0.2, 0.25) is 0 Å². The average Bonchev–Trinajstić information content (AvgIpc) is 2.54. The minimum absolute atomic E-state index is 0.180. The molecule has 2 rings (SSSR count). The van der Waals surface area contributed by atoms with Crippen molar-refractivity contribution in [3.63, 3.8) is 0 Å². The first kappa shape index (κ1) is 19.8. The van der Waals surface area contributed by atoms with Crippen LogP contribution >= 0.6 is 0 Å². The molecule has 0 saturated heterocycles. The minimum atomic E-state index is -0.489. The summed E-state index contributed by atoms with van der Waals surface area (Å²) in [4.78, 5) is 16.3. The zero-order valence-electron chi connectivity index (χ0n) is 16.5. The van der Waals surface area contributed by atoms with Crippen LogP contribution in [-0.2, 0) is 4.74 Å². The van der Waals surface area contributed by atoms with Gasteiger partial charge in [0, 0.05) is 17.8 Å². The third kappa shape index (κ3) is 5.22. The molecule has 0 saturated carbocycles. The van der Waals surface area contributed by atoms with Crippen molar-refractivity contribution in [3.05, 3.63) is 47.3 Å². The minimum Gasteiger partial charge on any atom is -0.444 e. The van der Waals surface area contributed by atoms with Crippen LogP contribution in [0.4, 0.5) is 10.5 Å². The number of nitrogens with zero attached hydrogens (tertiary/aromatic N) is 1. The molecule has 140 valence electrons. The number of hydrogen-bond donors (Lipinski definition) is 2. The molecule has 1 aromatic carbocycles. The third-order valence-corrected chi connectivity index (χ3v) is 4.19. The molecule has 0 radical (unpaired) electrons. The second-order valence-corrected chi connectivity index (χ2v) is 7.70. The molecule has 0 aliphatic carbocycles. The van der Waals surface area contributed by atoms with Crippen molar-refractivity contribution in [1.29, 1.82) is 0 Å². The predicted octanol–water partition coefficient (Wildman–Crippen LogP) is 4.58. The van der Waals surface area contributed by atoms with Crippen LogP contribution in [0.15, 0.2) is 30.3 Å². The van der Waals surface area contributed by atoms with Gasteiger partial charge in [0.15, 0.2) is 0 Å². The summed E-state index contributed by atoms with van der Waals surface area (Å²) in [6.45, 7) is 12.0. The number of carbonyl (C=O) groups excluding carboxylic acids is 1. The molecule has 2 aromatic rings. The molecular formula is C21H29N3O2. The predicted molar refractivity (Wildman–Crippen MR) is 106 cm³/mol. The van der Waals surface area contributed by atoms with Crippen molar-refractivity contribution in [3.8, 4) is 11.1 Å². The van der Waals surface area contributed by atoms with E-state index in [4.69, 9.17) is 10.5 Å². The fourth-order valence-corrected chi connectivity index (χ4v) is 2.69. The van der Waals surface area contributed by atoms with Gasteiger partial charge in [0.1, 0.15) is 5.60 Å². The molecule has 1 atom stereocenters. The van der Waals surface area contributed by atoms with Crippen LogP contribution in [0.5, 0.6) is 0 Å². The standard InChI is InChI=1S/C21H29N3O2/c1-13(12-23-20(25)26-21(4,5)6)16-7-9-17(10-8-16)18-11-19(22)15(3)24-14(18)2/h7-11,13H,12,22H2,1-6H3,(H,23,25)/t13-/m0/s1. The molecular weight excluding hydrogens is 326 g/mol. The van der Waals surface area contributed by atoms with Crippen molar-refractivity contribution in [2.75, 3.05) is 12.3 Å². The van der Waals surface area contributed by atoms with E-state index in [1.54, 1.807) is 0 Å². The van der Waals surface area contributed by atoms with E-state index in [0.29, 0.717) is 12.2 Å². The average molecular weight is 355 g/mol. The van der Waals surface area contributed by atoms with Gasteiger partial charge in [-0.1, -0.05) is 31.2 Å². The van der Waals surface area contributed by atoms with Gasteiger partial charge in [0.2, 0.25) is 0 Å². The Morgan fingerprint density at radius 3 is 2.38 bits per heavy atom. The smallest absolute Gasteiger partial charge is 0.407 e. The van der Waals surface area contributed by atoms with E-state index in [9.17, 15) is 4.79 Å². The Bertz CT molecular complexity index is 777. The highest BCUT2D eigenvalue weighted by atomic mass is 16.6. The molecule has 1 heterocycles. The number of anilines is 1. The monoisotopic (exact) mass is 355 g/mol. The summed E-state index contributed by atoms with van der Waals surface area (Å²) in [5.41, 5.74) is 11.3. The van der Waals surface area contributed by atoms with E-state index < -0.39 is 11.7 Å². The number of ether oxygens (including phenoxy) is 1. The molecule has 0 aliphatic rings. The first-order valence-corrected chi connectivity index (χ1v) is 8.87. The maximum atomic E-state index is 11.8. The molecule has 0 unspecified atom stereocenters. The van der Waals surface area contributed by atoms with Gasteiger partial charge >= 0.3 is 6.09 Å². The number of nitrogen functional groups attached to an aromatic ring is 1. The van der Waals surface area contributed by atoms with E-state index in [1.807, 2.05) is 40.7 Å². The lowest BCUT2D eigenvalue weighted by Crippen LogP contribution is -2.34. The maximum absolute atomic E-state index is 11.8. The van der Waals surface area contributed by atoms with Crippen LogP contribution in [-0.4, -0.2) is 23.2 Å². The van der Waals surface area contributed by atoms with Gasteiger partial charge in [-0.25, -0.2) is 4.79 Å². The number of nitrogens with two attached hydrogens (primary N) is 1. The molecule has 0 bridgehead atoms. The largest absolute Gasteiger partial charge is 0.444 e. The van der Waals surface area contributed by atoms with Crippen molar-refractivity contribution in [2.45, 2.75) is 53.1 Å². The molecule has 0 spiro atoms. The van der Waals surface area contributed by atoms with Crippen LogP contribution < -0.4 is 11.1 Å². The van der Waals surface area contributed by atoms with Crippen molar-refractivity contribution < 1.29 is 9.53 Å². The number of benzene rings is 1. The van der Waals surface area contributed by atoms with Gasteiger partial charge in [-0.15, -0.1) is 0 Å². The number of hydrogen-bond acceptors (Lipinski definition) is 4. The quantitative estimate of drug-likeness (QED) is 0.842. The summed E-state index contributed by atoms with van der Waals surface area (Å²) in [5.74, 6) is 0.180. The zero-order valence-corrected chi connectivity index (χ0v) is 16.5. The van der Waals surface area contributed by atoms with Gasteiger partial charge in [-0.05, 0) is 57.7 Å². The molecule has 26 heavy (non-hydrogen) atoms. The van der Waals surface area contributed by atoms with Crippen LogP contribution in [0.1, 0.15) is 50.6 Å². The number of aryl methyl sites for hydroxylation is 2. The van der Waals surface area contributed by atoms with Gasteiger partial charge in [0.25, 0.3) is 0 Å². The number of nitrogens with one attached hydrogen (secondary N) is 1. The van der Waals surface area contributed by atoms with E-state index in [-0.39, 0.29) is 5.92 Å². The highest BCUT2D eigenvalue weighted by Crippen LogP contribution is 2.27. The topological polar surface area (TPSA) is 77.2 Å². The molecule has 1 amide bonds. The fourth-order valence-electron chi connectivity index (χ4n) is 2.69. The molecule has 5 heteroatoms. The molecule has 3 N–H and O–H groups in total. The van der Waals surface area contributed by atoms with E-state index >= 15 is 0 Å². The van der Waals surface area contributed by atoms with E-state index in [2.05, 4.69) is 41.5 Å². The lowest BCUT2D eigenvalue weighted by molar-refractivity contribution is 0.0525. The Hall–Kier alpha value is -2.56. The van der Waals surface area contributed by atoms with Crippen molar-refractivity contribution in [2.24, 2.45) is 0 Å². The second-order valence-electron chi connectivity index (χ2n) is 7.70. The first-order chi connectivity index (χ1) is 12.1. The summed E-state index contributed by atoms with van der Waals surface area (Å²) >= 11 is 0. The SMILES string of the molecule is Cc1nc(C)c(-c2ccc([C@@H](C)CNC(=O)OC(C)(C)C)cc2)cc1N. The van der Waals surface area contributed by atoms with E-state index in [0.717, 1.165) is 28.1 Å². The van der Waals surface area contributed by atoms with Crippen molar-refractivity contribution in [1.82, 2.24) is 10.3 Å². The molecule has 5 nitrogen and oxygen atoms in total. The Kier molecular flexibility index (Phi) is 5.90. The van der Waals surface area contributed by atoms with E-state index in [1.165, 1.54) is 0 Å².